The molecule has 0 bridgehead atoms. The first-order chi connectivity index (χ1) is 12.9. The van der Waals surface area contributed by atoms with E-state index in [0.29, 0.717) is 12.5 Å². The zero-order valence-corrected chi connectivity index (χ0v) is 19.7. The Balaban J connectivity index is 1.72. The minimum absolute atomic E-state index is 0.138. The van der Waals surface area contributed by atoms with E-state index in [1.165, 1.54) is 11.1 Å². The van der Waals surface area contributed by atoms with Crippen molar-refractivity contribution in [3.8, 4) is 0 Å². The van der Waals surface area contributed by atoms with Crippen LogP contribution in [0.1, 0.15) is 76.8 Å². The lowest BCUT2D eigenvalue weighted by Crippen LogP contribution is -2.49. The lowest BCUT2D eigenvalue weighted by molar-refractivity contribution is -0.110. The minimum Gasteiger partial charge on any atom is -0.413 e. The number of benzene rings is 1. The molecule has 4 atom stereocenters. The van der Waals surface area contributed by atoms with E-state index in [1.54, 1.807) is 0 Å². The van der Waals surface area contributed by atoms with Crippen molar-refractivity contribution < 1.29 is 14.6 Å². The SMILES string of the molecule is CC(C)(C)[Si](C)(C)OCc1cccc([C@H]2CC[C@]3(C)[C@@H](CO)CC[C@]3(O)C2)c1. The Hall–Kier alpha value is -0.683. The van der Waals surface area contributed by atoms with Gasteiger partial charge in [0.25, 0.3) is 0 Å². The molecule has 0 radical (unpaired) electrons. The number of aliphatic hydroxyl groups is 2. The van der Waals surface area contributed by atoms with Crippen LogP contribution in [0.15, 0.2) is 24.3 Å². The molecule has 3 rings (SSSR count). The van der Waals surface area contributed by atoms with Gasteiger partial charge >= 0.3 is 0 Å². The smallest absolute Gasteiger partial charge is 0.192 e. The van der Waals surface area contributed by atoms with E-state index in [-0.39, 0.29) is 23.0 Å². The second-order valence-corrected chi connectivity index (χ2v) is 15.9. The van der Waals surface area contributed by atoms with Crippen LogP contribution >= 0.6 is 0 Å². The maximum atomic E-state index is 11.4. The first-order valence-electron chi connectivity index (χ1n) is 11.0. The van der Waals surface area contributed by atoms with Crippen molar-refractivity contribution in [1.82, 2.24) is 0 Å². The molecule has 4 heteroatoms. The molecule has 158 valence electrons. The Labute approximate surface area is 172 Å². The van der Waals surface area contributed by atoms with Crippen LogP contribution in [0.4, 0.5) is 0 Å². The molecule has 1 aromatic carbocycles. The zero-order valence-electron chi connectivity index (χ0n) is 18.7. The van der Waals surface area contributed by atoms with Crippen LogP contribution in [-0.4, -0.2) is 30.7 Å². The van der Waals surface area contributed by atoms with E-state index < -0.39 is 13.9 Å². The van der Waals surface area contributed by atoms with Gasteiger partial charge in [-0.2, -0.15) is 0 Å². The van der Waals surface area contributed by atoms with Crippen LogP contribution in [0.2, 0.25) is 18.1 Å². The van der Waals surface area contributed by atoms with E-state index >= 15 is 0 Å². The zero-order chi connectivity index (χ0) is 20.8. The second kappa shape index (κ2) is 7.53. The molecule has 0 amide bonds. The van der Waals surface area contributed by atoms with Gasteiger partial charge in [0.1, 0.15) is 0 Å². The summed E-state index contributed by atoms with van der Waals surface area (Å²) in [5.74, 6) is 0.631. The highest BCUT2D eigenvalue weighted by molar-refractivity contribution is 6.74. The van der Waals surface area contributed by atoms with Gasteiger partial charge in [-0.15, -0.1) is 0 Å². The largest absolute Gasteiger partial charge is 0.413 e. The topological polar surface area (TPSA) is 49.7 Å². The maximum Gasteiger partial charge on any atom is 0.192 e. The van der Waals surface area contributed by atoms with Crippen molar-refractivity contribution in [3.05, 3.63) is 35.4 Å². The molecule has 0 heterocycles. The fourth-order valence-corrected chi connectivity index (χ4v) is 6.11. The average molecular weight is 405 g/mol. The van der Waals surface area contributed by atoms with Crippen LogP contribution in [-0.2, 0) is 11.0 Å². The van der Waals surface area contributed by atoms with Crippen molar-refractivity contribution in [2.24, 2.45) is 11.3 Å². The number of rotatable bonds is 5. The number of aliphatic hydroxyl groups excluding tert-OH is 1. The van der Waals surface area contributed by atoms with Crippen LogP contribution in [0.5, 0.6) is 0 Å². The van der Waals surface area contributed by atoms with Crippen LogP contribution in [0.3, 0.4) is 0 Å². The van der Waals surface area contributed by atoms with Crippen LogP contribution < -0.4 is 0 Å². The molecule has 2 N–H and O–H groups in total. The maximum absolute atomic E-state index is 11.4. The van der Waals surface area contributed by atoms with Gasteiger partial charge in [-0.3, -0.25) is 0 Å². The Morgan fingerprint density at radius 3 is 2.54 bits per heavy atom. The summed E-state index contributed by atoms with van der Waals surface area (Å²) in [6.07, 6.45) is 4.65. The van der Waals surface area contributed by atoms with Gasteiger partial charge in [-0.25, -0.2) is 0 Å². The van der Waals surface area contributed by atoms with E-state index in [1.807, 2.05) is 0 Å². The number of hydrogen-bond acceptors (Lipinski definition) is 3. The number of fused-ring (bicyclic) bond motifs is 1. The Bertz CT molecular complexity index is 695. The fraction of sp³-hybridized carbons (Fsp3) is 0.750. The van der Waals surface area contributed by atoms with Gasteiger partial charge < -0.3 is 14.6 Å². The van der Waals surface area contributed by atoms with Gasteiger partial charge in [-0.05, 0) is 73.2 Å². The lowest BCUT2D eigenvalue weighted by atomic mass is 9.59. The third-order valence-electron chi connectivity index (χ3n) is 8.52. The van der Waals surface area contributed by atoms with Crippen molar-refractivity contribution >= 4 is 8.32 Å². The molecule has 2 fully saturated rings. The summed E-state index contributed by atoms with van der Waals surface area (Å²) in [4.78, 5) is 0. The average Bonchev–Trinajstić information content (AvgIpc) is 2.89. The Morgan fingerprint density at radius 1 is 1.18 bits per heavy atom. The summed E-state index contributed by atoms with van der Waals surface area (Å²) in [6, 6.07) is 8.81. The predicted octanol–water partition coefficient (Wildman–Crippen LogP) is 5.62. The first kappa shape index (κ1) is 22.0. The predicted molar refractivity (Wildman–Crippen MR) is 118 cm³/mol. The monoisotopic (exact) mass is 404 g/mol. The summed E-state index contributed by atoms with van der Waals surface area (Å²) in [5, 5.41) is 21.4. The lowest BCUT2D eigenvalue weighted by Gasteiger charge is -2.49. The third kappa shape index (κ3) is 3.85. The second-order valence-electron chi connectivity index (χ2n) is 11.1. The van der Waals surface area contributed by atoms with Crippen LogP contribution in [0.25, 0.3) is 0 Å². The molecule has 2 aliphatic carbocycles. The molecule has 0 aromatic heterocycles. The highest BCUT2D eigenvalue weighted by Crippen LogP contribution is 2.60. The molecule has 0 saturated heterocycles. The third-order valence-corrected chi connectivity index (χ3v) is 13.0. The Morgan fingerprint density at radius 2 is 1.89 bits per heavy atom. The highest BCUT2D eigenvalue weighted by Gasteiger charge is 2.58. The van der Waals surface area contributed by atoms with Gasteiger partial charge in [0, 0.05) is 12.0 Å². The number of hydrogen-bond donors (Lipinski definition) is 2. The molecule has 0 unspecified atom stereocenters. The Kier molecular flexibility index (Phi) is 5.92. The van der Waals surface area contributed by atoms with Gasteiger partial charge in [-0.1, -0.05) is 52.0 Å². The van der Waals surface area contributed by atoms with Crippen LogP contribution in [0, 0.1) is 11.3 Å². The molecular weight excluding hydrogens is 364 g/mol. The van der Waals surface area contributed by atoms with Crippen molar-refractivity contribution in [1.29, 1.82) is 0 Å². The van der Waals surface area contributed by atoms with E-state index in [2.05, 4.69) is 65.1 Å². The molecular formula is C24H40O3Si. The van der Waals surface area contributed by atoms with Crippen molar-refractivity contribution in [2.45, 2.75) is 96.1 Å². The summed E-state index contributed by atoms with van der Waals surface area (Å²) in [6.45, 7) is 14.5. The minimum atomic E-state index is -1.76. The van der Waals surface area contributed by atoms with Gasteiger partial charge in [0.15, 0.2) is 8.32 Å². The standard InChI is InChI=1S/C24H40O3Si/c1-22(2,3)28(5,6)27-17-18-8-7-9-19(14-18)20-10-12-23(4)21(16-25)11-13-24(23,26)15-20/h7-9,14,20-21,25-26H,10-13,15-17H2,1-6H3/t20-,21+,23+,24-/m0/s1. The molecule has 3 nitrogen and oxygen atoms in total. The van der Waals surface area contributed by atoms with E-state index in [4.69, 9.17) is 4.43 Å². The highest BCUT2D eigenvalue weighted by atomic mass is 28.4. The summed E-state index contributed by atoms with van der Waals surface area (Å²) < 4.78 is 6.42. The van der Waals surface area contributed by atoms with E-state index in [9.17, 15) is 10.2 Å². The van der Waals surface area contributed by atoms with Crippen molar-refractivity contribution in [3.63, 3.8) is 0 Å². The quantitative estimate of drug-likeness (QED) is 0.627. The van der Waals surface area contributed by atoms with E-state index in [0.717, 1.165) is 32.1 Å². The normalized spacial score (nSPS) is 33.7. The molecule has 0 aliphatic heterocycles. The van der Waals surface area contributed by atoms with Gasteiger partial charge in [0.2, 0.25) is 0 Å². The first-order valence-corrected chi connectivity index (χ1v) is 13.9. The fourth-order valence-electron chi connectivity index (χ4n) is 5.15. The molecule has 2 aliphatic rings. The summed E-state index contributed by atoms with van der Waals surface area (Å²) in [5.41, 5.74) is 1.79. The summed E-state index contributed by atoms with van der Waals surface area (Å²) in [7, 11) is -1.76. The molecule has 28 heavy (non-hydrogen) atoms. The van der Waals surface area contributed by atoms with Crippen molar-refractivity contribution in [2.75, 3.05) is 6.61 Å². The molecule has 1 aromatic rings. The molecule has 2 saturated carbocycles. The van der Waals surface area contributed by atoms with Gasteiger partial charge in [0.05, 0.1) is 12.2 Å². The summed E-state index contributed by atoms with van der Waals surface area (Å²) >= 11 is 0. The molecule has 0 spiro atoms.